The van der Waals surface area contributed by atoms with Crippen molar-refractivity contribution < 1.29 is 18.0 Å². The van der Waals surface area contributed by atoms with E-state index in [2.05, 4.69) is 5.32 Å². The number of carbonyl (C=O) groups excluding carboxylic acids is 1. The molecule has 0 aromatic rings. The normalized spacial score (nSPS) is 29.8. The number of amides is 1. The summed E-state index contributed by atoms with van der Waals surface area (Å²) in [5, 5.41) is 5.46. The van der Waals surface area contributed by atoms with E-state index in [4.69, 9.17) is 0 Å². The molecule has 0 radical (unpaired) electrons. The zero-order valence-electron chi connectivity index (χ0n) is 11.7. The summed E-state index contributed by atoms with van der Waals surface area (Å²) in [5.74, 6) is -0.546. The molecule has 2 aliphatic heterocycles. The summed E-state index contributed by atoms with van der Waals surface area (Å²) >= 11 is 0. The van der Waals surface area contributed by atoms with Crippen LogP contribution in [0.2, 0.25) is 0 Å². The summed E-state index contributed by atoms with van der Waals surface area (Å²) in [5.41, 5.74) is 0. The van der Waals surface area contributed by atoms with Gasteiger partial charge in [-0.05, 0) is 32.2 Å². The van der Waals surface area contributed by atoms with E-state index in [0.717, 1.165) is 12.8 Å². The number of piperidine rings is 1. The van der Waals surface area contributed by atoms with E-state index < -0.39 is 18.6 Å². The average molecular weight is 293 g/mol. The minimum atomic E-state index is -4.35. The number of hydrogen-bond acceptors (Lipinski definition) is 3. The van der Waals surface area contributed by atoms with Gasteiger partial charge in [0.05, 0.1) is 6.54 Å². The number of likely N-dealkylation sites (N-methyl/N-ethyl adjacent to an activating group) is 1. The summed E-state index contributed by atoms with van der Waals surface area (Å²) in [6.45, 7) is 1.43. The van der Waals surface area contributed by atoms with Crippen molar-refractivity contribution in [3.63, 3.8) is 0 Å². The van der Waals surface area contributed by atoms with Crippen LogP contribution in [0.1, 0.15) is 32.6 Å². The molecule has 2 aliphatic rings. The maximum absolute atomic E-state index is 12.1. The Balaban J connectivity index is 1.81. The third-order valence-electron chi connectivity index (χ3n) is 4.20. The zero-order valence-corrected chi connectivity index (χ0v) is 11.7. The van der Waals surface area contributed by atoms with Gasteiger partial charge in [0.1, 0.15) is 6.54 Å². The van der Waals surface area contributed by atoms with E-state index in [0.29, 0.717) is 24.7 Å². The topological polar surface area (TPSA) is 44.4 Å². The van der Waals surface area contributed by atoms with Gasteiger partial charge in [-0.15, -0.1) is 0 Å². The molecular weight excluding hydrogens is 271 g/mol. The van der Waals surface area contributed by atoms with Crippen molar-refractivity contribution >= 4 is 5.91 Å². The molecule has 20 heavy (non-hydrogen) atoms. The first-order valence-corrected chi connectivity index (χ1v) is 7.21. The predicted molar refractivity (Wildman–Crippen MR) is 69.3 cm³/mol. The number of nitrogens with zero attached hydrogens (tertiary/aromatic N) is 1. The van der Waals surface area contributed by atoms with Crippen LogP contribution in [-0.4, -0.2) is 54.7 Å². The Labute approximate surface area is 117 Å². The Morgan fingerprint density at radius 2 is 1.90 bits per heavy atom. The van der Waals surface area contributed by atoms with Crippen LogP contribution in [0.3, 0.4) is 0 Å². The number of rotatable bonds is 5. The van der Waals surface area contributed by atoms with Crippen molar-refractivity contribution in [2.24, 2.45) is 0 Å². The van der Waals surface area contributed by atoms with Gasteiger partial charge in [0.15, 0.2) is 0 Å². The molecule has 2 bridgehead atoms. The van der Waals surface area contributed by atoms with E-state index >= 15 is 0 Å². The third kappa shape index (κ3) is 4.34. The van der Waals surface area contributed by atoms with Gasteiger partial charge in [0, 0.05) is 18.1 Å². The van der Waals surface area contributed by atoms with Crippen molar-refractivity contribution in [3.8, 4) is 0 Å². The van der Waals surface area contributed by atoms with E-state index in [1.165, 1.54) is 12.8 Å². The van der Waals surface area contributed by atoms with Crippen LogP contribution in [-0.2, 0) is 4.79 Å². The molecule has 116 valence electrons. The number of carbonyl (C=O) groups is 1. The van der Waals surface area contributed by atoms with E-state index in [-0.39, 0.29) is 6.54 Å². The quantitative estimate of drug-likeness (QED) is 0.802. The number of halogens is 3. The lowest BCUT2D eigenvalue weighted by atomic mass is 9.98. The fourth-order valence-corrected chi connectivity index (χ4v) is 3.26. The maximum Gasteiger partial charge on any atom is 0.405 e. The Kier molecular flexibility index (Phi) is 4.90. The summed E-state index contributed by atoms with van der Waals surface area (Å²) in [6.07, 6.45) is -0.0493. The molecule has 2 N–H and O–H groups in total. The number of alkyl halides is 3. The second-order valence-electron chi connectivity index (χ2n) is 5.72. The van der Waals surface area contributed by atoms with E-state index in [9.17, 15) is 18.0 Å². The summed E-state index contributed by atoms with van der Waals surface area (Å²) in [6, 6.07) is 1.31. The van der Waals surface area contributed by atoms with Crippen LogP contribution in [0.25, 0.3) is 0 Å². The van der Waals surface area contributed by atoms with Crippen molar-refractivity contribution in [2.45, 2.75) is 56.9 Å². The van der Waals surface area contributed by atoms with Crippen LogP contribution in [0.4, 0.5) is 13.2 Å². The molecule has 0 spiro atoms. The molecule has 2 fully saturated rings. The lowest BCUT2D eigenvalue weighted by Gasteiger charge is -2.36. The Morgan fingerprint density at radius 1 is 1.30 bits per heavy atom. The highest BCUT2D eigenvalue weighted by Gasteiger charge is 2.36. The van der Waals surface area contributed by atoms with Crippen molar-refractivity contribution in [2.75, 3.05) is 19.6 Å². The SMILES string of the molecule is CCN(CC(=O)NCC(F)(F)F)C1CC2CCC(C1)N2. The molecule has 0 saturated carbocycles. The Morgan fingerprint density at radius 3 is 2.40 bits per heavy atom. The molecule has 4 nitrogen and oxygen atoms in total. The van der Waals surface area contributed by atoms with Gasteiger partial charge in [0.2, 0.25) is 5.91 Å². The first-order valence-electron chi connectivity index (χ1n) is 7.21. The highest BCUT2D eigenvalue weighted by molar-refractivity contribution is 5.78. The average Bonchev–Trinajstić information content (AvgIpc) is 2.71. The van der Waals surface area contributed by atoms with Crippen molar-refractivity contribution in [1.29, 1.82) is 0 Å². The Bertz CT molecular complexity index is 336. The van der Waals surface area contributed by atoms with Gasteiger partial charge in [0.25, 0.3) is 0 Å². The van der Waals surface area contributed by atoms with Gasteiger partial charge in [-0.3, -0.25) is 9.69 Å². The summed E-state index contributed by atoms with van der Waals surface area (Å²) in [4.78, 5) is 13.6. The first-order chi connectivity index (χ1) is 9.37. The van der Waals surface area contributed by atoms with Crippen LogP contribution in [0, 0.1) is 0 Å². The summed E-state index contributed by atoms with van der Waals surface area (Å²) < 4.78 is 36.2. The molecule has 2 atom stereocenters. The third-order valence-corrected chi connectivity index (χ3v) is 4.20. The molecule has 0 aromatic carbocycles. The standard InChI is InChI=1S/C13H22F3N3O/c1-2-19(7-12(20)17-8-13(14,15)16)11-5-9-3-4-10(6-11)18-9/h9-11,18H,2-8H2,1H3,(H,17,20). The highest BCUT2D eigenvalue weighted by atomic mass is 19.4. The van der Waals surface area contributed by atoms with E-state index in [1.807, 2.05) is 17.1 Å². The van der Waals surface area contributed by atoms with Gasteiger partial charge in [-0.1, -0.05) is 6.92 Å². The lowest BCUT2D eigenvalue weighted by molar-refractivity contribution is -0.139. The largest absolute Gasteiger partial charge is 0.405 e. The van der Waals surface area contributed by atoms with Gasteiger partial charge in [-0.25, -0.2) is 0 Å². The fourth-order valence-electron chi connectivity index (χ4n) is 3.26. The highest BCUT2D eigenvalue weighted by Crippen LogP contribution is 2.29. The number of hydrogen-bond donors (Lipinski definition) is 2. The molecule has 0 aliphatic carbocycles. The van der Waals surface area contributed by atoms with Gasteiger partial charge in [-0.2, -0.15) is 13.2 Å². The monoisotopic (exact) mass is 293 g/mol. The first kappa shape index (κ1) is 15.6. The Hall–Kier alpha value is -0.820. The zero-order chi connectivity index (χ0) is 14.8. The van der Waals surface area contributed by atoms with Gasteiger partial charge < -0.3 is 10.6 Å². The molecule has 7 heteroatoms. The predicted octanol–water partition coefficient (Wildman–Crippen LogP) is 1.27. The van der Waals surface area contributed by atoms with Crippen LogP contribution in [0.5, 0.6) is 0 Å². The molecule has 2 unspecified atom stereocenters. The smallest absolute Gasteiger partial charge is 0.346 e. The second-order valence-corrected chi connectivity index (χ2v) is 5.72. The number of fused-ring (bicyclic) bond motifs is 2. The van der Waals surface area contributed by atoms with Crippen molar-refractivity contribution in [3.05, 3.63) is 0 Å². The molecular formula is C13H22F3N3O. The number of nitrogens with one attached hydrogen (secondary N) is 2. The molecule has 1 amide bonds. The van der Waals surface area contributed by atoms with Crippen LogP contribution >= 0.6 is 0 Å². The van der Waals surface area contributed by atoms with Crippen molar-refractivity contribution in [1.82, 2.24) is 15.5 Å². The van der Waals surface area contributed by atoms with E-state index in [1.54, 1.807) is 0 Å². The summed E-state index contributed by atoms with van der Waals surface area (Å²) in [7, 11) is 0. The second kappa shape index (κ2) is 6.30. The molecule has 2 rings (SSSR count). The van der Waals surface area contributed by atoms with Gasteiger partial charge >= 0.3 is 6.18 Å². The lowest BCUT2D eigenvalue weighted by Crippen LogP contribution is -2.51. The molecule has 2 saturated heterocycles. The molecule has 0 aromatic heterocycles. The maximum atomic E-state index is 12.1. The van der Waals surface area contributed by atoms with Crippen LogP contribution in [0.15, 0.2) is 0 Å². The minimum absolute atomic E-state index is 0.0523. The van der Waals surface area contributed by atoms with Crippen LogP contribution < -0.4 is 10.6 Å². The minimum Gasteiger partial charge on any atom is -0.346 e. The fraction of sp³-hybridized carbons (Fsp3) is 0.923. The molecule has 2 heterocycles.